The van der Waals surface area contributed by atoms with E-state index in [2.05, 4.69) is 20.9 Å². The molecule has 0 saturated carbocycles. The number of rotatable bonds is 2. The second-order valence-electron chi connectivity index (χ2n) is 4.07. The topological polar surface area (TPSA) is 52.6 Å². The number of hydrogen-bond acceptors (Lipinski definition) is 4. The Morgan fingerprint density at radius 1 is 1.12 bits per heavy atom. The van der Waals surface area contributed by atoms with Crippen LogP contribution in [0, 0.1) is 11.5 Å². The van der Waals surface area contributed by atoms with Gasteiger partial charge in [0, 0.05) is 6.08 Å². The van der Waals surface area contributed by atoms with Gasteiger partial charge in [-0.2, -0.15) is 0 Å². The Balaban J connectivity index is 5.10. The van der Waals surface area contributed by atoms with Crippen LogP contribution in [0.2, 0.25) is 19.6 Å². The molecule has 16 heavy (non-hydrogen) atoms. The van der Waals surface area contributed by atoms with E-state index in [1.54, 1.807) is 0 Å². The number of methoxy groups -OCH3 is 2. The van der Waals surface area contributed by atoms with E-state index >= 15 is 0 Å². The Hall–Kier alpha value is -1.54. The minimum atomic E-state index is -1.60. The Bertz CT molecular complexity index is 366. The van der Waals surface area contributed by atoms with Gasteiger partial charge >= 0.3 is 11.9 Å². The van der Waals surface area contributed by atoms with Crippen molar-refractivity contribution in [2.75, 3.05) is 14.2 Å². The van der Waals surface area contributed by atoms with Crippen LogP contribution in [0.5, 0.6) is 0 Å². The Morgan fingerprint density at radius 3 is 2.06 bits per heavy atom. The standard InChI is InChI=1S/C11H16O4Si/c1-14-10(12)8-9(11(13)15-2)6-7-16(3,4)5/h8H,1-5H3/b9-8-. The van der Waals surface area contributed by atoms with Crippen molar-refractivity contribution in [2.24, 2.45) is 0 Å². The van der Waals surface area contributed by atoms with Gasteiger partial charge in [-0.05, 0) is 0 Å². The van der Waals surface area contributed by atoms with Crippen LogP contribution in [0.1, 0.15) is 0 Å². The van der Waals surface area contributed by atoms with Crippen molar-refractivity contribution >= 4 is 20.0 Å². The molecule has 4 nitrogen and oxygen atoms in total. The SMILES string of the molecule is COC(=O)/C=C(/C#C[Si](C)(C)C)C(=O)OC. The van der Waals surface area contributed by atoms with Crippen LogP contribution >= 0.6 is 0 Å². The van der Waals surface area contributed by atoms with Crippen molar-refractivity contribution in [1.82, 2.24) is 0 Å². The van der Waals surface area contributed by atoms with Crippen LogP contribution in [0.4, 0.5) is 0 Å². The summed E-state index contributed by atoms with van der Waals surface area (Å²) >= 11 is 0. The third-order valence-corrected chi connectivity index (χ3v) is 2.32. The van der Waals surface area contributed by atoms with Gasteiger partial charge in [0.2, 0.25) is 0 Å². The molecule has 0 aromatic heterocycles. The Kier molecular flexibility index (Phi) is 5.54. The van der Waals surface area contributed by atoms with Crippen molar-refractivity contribution in [1.29, 1.82) is 0 Å². The van der Waals surface area contributed by atoms with Crippen LogP contribution in [-0.4, -0.2) is 34.2 Å². The summed E-state index contributed by atoms with van der Waals surface area (Å²) in [5, 5.41) is 0. The minimum Gasteiger partial charge on any atom is -0.466 e. The fourth-order valence-electron chi connectivity index (χ4n) is 0.688. The lowest BCUT2D eigenvalue weighted by atomic mass is 10.2. The molecule has 0 unspecified atom stereocenters. The summed E-state index contributed by atoms with van der Waals surface area (Å²) in [4.78, 5) is 22.3. The number of ether oxygens (including phenoxy) is 2. The Morgan fingerprint density at radius 2 is 1.69 bits per heavy atom. The normalized spacial score (nSPS) is 11.2. The largest absolute Gasteiger partial charge is 0.466 e. The van der Waals surface area contributed by atoms with Crippen molar-refractivity contribution < 1.29 is 19.1 Å². The third kappa shape index (κ3) is 6.04. The number of esters is 2. The van der Waals surface area contributed by atoms with Crippen molar-refractivity contribution in [2.45, 2.75) is 19.6 Å². The average Bonchev–Trinajstić information content (AvgIpc) is 2.21. The summed E-state index contributed by atoms with van der Waals surface area (Å²) < 4.78 is 8.95. The van der Waals surface area contributed by atoms with Gasteiger partial charge in [0.1, 0.15) is 13.6 Å². The quantitative estimate of drug-likeness (QED) is 0.314. The van der Waals surface area contributed by atoms with Crippen molar-refractivity contribution in [3.05, 3.63) is 11.6 Å². The monoisotopic (exact) mass is 240 g/mol. The van der Waals surface area contributed by atoms with Crippen molar-refractivity contribution in [3.8, 4) is 11.5 Å². The van der Waals surface area contributed by atoms with E-state index < -0.39 is 20.0 Å². The first-order valence-corrected chi connectivity index (χ1v) is 8.21. The summed E-state index contributed by atoms with van der Waals surface area (Å²) in [6.07, 6.45) is 1.04. The molecule has 0 aliphatic carbocycles. The first kappa shape index (κ1) is 14.5. The highest BCUT2D eigenvalue weighted by Gasteiger charge is 2.12. The van der Waals surface area contributed by atoms with Crippen LogP contribution in [0.15, 0.2) is 11.6 Å². The molecule has 0 atom stereocenters. The van der Waals surface area contributed by atoms with Crippen LogP contribution in [0.25, 0.3) is 0 Å². The third-order valence-electron chi connectivity index (χ3n) is 1.44. The number of carbonyl (C=O) groups is 2. The second kappa shape index (κ2) is 6.13. The molecule has 0 N–H and O–H groups in total. The lowest BCUT2D eigenvalue weighted by Crippen LogP contribution is -2.17. The summed E-state index contributed by atoms with van der Waals surface area (Å²) in [6, 6.07) is 0. The smallest absolute Gasteiger partial charge is 0.346 e. The predicted molar refractivity (Wildman–Crippen MR) is 63.2 cm³/mol. The maximum absolute atomic E-state index is 11.3. The van der Waals surface area contributed by atoms with E-state index in [1.807, 2.05) is 19.6 Å². The van der Waals surface area contributed by atoms with Gasteiger partial charge in [0.25, 0.3) is 0 Å². The zero-order chi connectivity index (χ0) is 12.8. The zero-order valence-corrected chi connectivity index (χ0v) is 11.2. The summed E-state index contributed by atoms with van der Waals surface area (Å²) in [6.45, 7) is 6.10. The van der Waals surface area contributed by atoms with E-state index in [0.29, 0.717) is 0 Å². The van der Waals surface area contributed by atoms with Gasteiger partial charge in [0.15, 0.2) is 0 Å². The first-order valence-electron chi connectivity index (χ1n) is 4.71. The van der Waals surface area contributed by atoms with Crippen LogP contribution in [-0.2, 0) is 19.1 Å². The van der Waals surface area contributed by atoms with Crippen molar-refractivity contribution in [3.63, 3.8) is 0 Å². The highest BCUT2D eigenvalue weighted by atomic mass is 28.3. The maximum Gasteiger partial charge on any atom is 0.346 e. The molecule has 0 radical (unpaired) electrons. The molecule has 0 aliphatic rings. The molecule has 88 valence electrons. The van der Waals surface area contributed by atoms with Gasteiger partial charge in [0.05, 0.1) is 14.2 Å². The minimum absolute atomic E-state index is 0.0248. The molecule has 0 saturated heterocycles. The lowest BCUT2D eigenvalue weighted by molar-refractivity contribution is -0.138. The fourth-order valence-corrected chi connectivity index (χ4v) is 1.20. The van der Waals surface area contributed by atoms with Gasteiger partial charge in [-0.1, -0.05) is 25.6 Å². The summed E-state index contributed by atoms with van der Waals surface area (Å²) in [5.41, 5.74) is 3.00. The van der Waals surface area contributed by atoms with E-state index in [0.717, 1.165) is 6.08 Å². The molecule has 0 spiro atoms. The van der Waals surface area contributed by atoms with E-state index in [-0.39, 0.29) is 5.57 Å². The van der Waals surface area contributed by atoms with Gasteiger partial charge in [-0.15, -0.1) is 5.54 Å². The van der Waals surface area contributed by atoms with E-state index in [9.17, 15) is 9.59 Å². The van der Waals surface area contributed by atoms with E-state index in [4.69, 9.17) is 0 Å². The van der Waals surface area contributed by atoms with E-state index in [1.165, 1.54) is 14.2 Å². The maximum atomic E-state index is 11.3. The molecular weight excluding hydrogens is 224 g/mol. The second-order valence-corrected chi connectivity index (χ2v) is 8.82. The molecule has 0 aromatic rings. The van der Waals surface area contributed by atoms with Gasteiger partial charge in [-0.25, -0.2) is 9.59 Å². The zero-order valence-electron chi connectivity index (χ0n) is 10.2. The molecule has 5 heteroatoms. The number of carbonyl (C=O) groups excluding carboxylic acids is 2. The molecular formula is C11H16O4Si. The summed E-state index contributed by atoms with van der Waals surface area (Å²) in [7, 11) is 0.874. The molecule has 0 fully saturated rings. The molecule has 0 amide bonds. The van der Waals surface area contributed by atoms with Crippen LogP contribution < -0.4 is 0 Å². The van der Waals surface area contributed by atoms with Gasteiger partial charge in [-0.3, -0.25) is 0 Å². The first-order chi connectivity index (χ1) is 7.30. The highest BCUT2D eigenvalue weighted by molar-refractivity contribution is 6.83. The molecule has 0 rings (SSSR count). The van der Waals surface area contributed by atoms with Gasteiger partial charge < -0.3 is 9.47 Å². The lowest BCUT2D eigenvalue weighted by Gasteiger charge is -2.04. The number of hydrogen-bond donors (Lipinski definition) is 0. The average molecular weight is 240 g/mol. The predicted octanol–water partition coefficient (Wildman–Crippen LogP) is 1.14. The summed E-state index contributed by atoms with van der Waals surface area (Å²) in [5.74, 6) is 1.42. The highest BCUT2D eigenvalue weighted by Crippen LogP contribution is 2.01. The molecule has 0 bridgehead atoms. The Labute approximate surface area is 96.6 Å². The molecule has 0 heterocycles. The molecule has 0 aliphatic heterocycles. The fraction of sp³-hybridized carbons (Fsp3) is 0.455. The van der Waals surface area contributed by atoms with Crippen LogP contribution in [0.3, 0.4) is 0 Å². The molecule has 0 aromatic carbocycles.